The van der Waals surface area contributed by atoms with Gasteiger partial charge in [-0.25, -0.2) is 0 Å². The summed E-state index contributed by atoms with van der Waals surface area (Å²) in [5, 5.41) is 13.6. The minimum Gasteiger partial charge on any atom is -0.454 e. The molecule has 4 nitrogen and oxygen atoms in total. The fourth-order valence-corrected chi connectivity index (χ4v) is 7.48. The molecule has 4 aliphatic rings. The van der Waals surface area contributed by atoms with Crippen molar-refractivity contribution in [2.75, 3.05) is 26.2 Å². The monoisotopic (exact) mass is 428 g/mol. The van der Waals surface area contributed by atoms with Crippen LogP contribution >= 0.6 is 0 Å². The SMILES string of the molecule is CCC/C=C(/C1CNC2C([B]O)CCCC2C1)N1CCC(C2CCCC(CN)C2)CC1. The summed E-state index contributed by atoms with van der Waals surface area (Å²) in [6.07, 6.45) is 18.4. The number of nitrogens with two attached hydrogens (primary N) is 1. The van der Waals surface area contributed by atoms with Crippen molar-refractivity contribution in [2.45, 2.75) is 95.8 Å². The van der Waals surface area contributed by atoms with E-state index in [1.807, 2.05) is 0 Å². The van der Waals surface area contributed by atoms with Crippen molar-refractivity contribution in [3.05, 3.63) is 11.8 Å². The van der Waals surface area contributed by atoms with Crippen LogP contribution in [0.1, 0.15) is 84.0 Å². The number of hydrogen-bond acceptors (Lipinski definition) is 4. The van der Waals surface area contributed by atoms with Gasteiger partial charge in [-0.2, -0.15) is 0 Å². The summed E-state index contributed by atoms with van der Waals surface area (Å²) < 4.78 is 0. The van der Waals surface area contributed by atoms with E-state index in [2.05, 4.69) is 23.2 Å². The summed E-state index contributed by atoms with van der Waals surface area (Å²) in [6.45, 7) is 6.78. The molecular formula is C26H47BN3O. The fraction of sp³-hybridized carbons (Fsp3) is 0.923. The van der Waals surface area contributed by atoms with Gasteiger partial charge in [0, 0.05) is 37.3 Å². The first-order valence-corrected chi connectivity index (χ1v) is 13.6. The van der Waals surface area contributed by atoms with Gasteiger partial charge in [0.05, 0.1) is 0 Å². The molecule has 0 amide bonds. The number of unbranched alkanes of at least 4 members (excludes halogenated alkanes) is 1. The Balaban J connectivity index is 1.36. The van der Waals surface area contributed by atoms with Crippen LogP contribution in [0.15, 0.2) is 11.8 Å². The van der Waals surface area contributed by atoms with Gasteiger partial charge in [0.15, 0.2) is 0 Å². The quantitative estimate of drug-likeness (QED) is 0.529. The zero-order chi connectivity index (χ0) is 21.6. The molecule has 1 radical (unpaired) electrons. The molecule has 2 heterocycles. The summed E-state index contributed by atoms with van der Waals surface area (Å²) in [5.74, 6) is 4.36. The summed E-state index contributed by atoms with van der Waals surface area (Å²) in [7, 11) is 1.48. The molecule has 2 aliphatic carbocycles. The number of likely N-dealkylation sites (tertiary alicyclic amines) is 1. The molecule has 4 rings (SSSR count). The molecule has 6 atom stereocenters. The van der Waals surface area contributed by atoms with E-state index in [1.165, 1.54) is 91.2 Å². The Hall–Kier alpha value is -0.515. The normalized spacial score (nSPS) is 38.0. The van der Waals surface area contributed by atoms with Crippen molar-refractivity contribution >= 4 is 7.48 Å². The van der Waals surface area contributed by atoms with E-state index in [4.69, 9.17) is 5.73 Å². The Bertz CT molecular complexity index is 577. The molecule has 0 bridgehead atoms. The highest BCUT2D eigenvalue weighted by Gasteiger charge is 2.40. The first-order chi connectivity index (χ1) is 15.2. The van der Waals surface area contributed by atoms with E-state index in [1.54, 1.807) is 5.70 Å². The van der Waals surface area contributed by atoms with E-state index in [9.17, 15) is 5.02 Å². The van der Waals surface area contributed by atoms with Gasteiger partial charge in [0.2, 0.25) is 0 Å². The Morgan fingerprint density at radius 3 is 2.55 bits per heavy atom. The smallest absolute Gasteiger partial charge is 0.292 e. The molecule has 0 aromatic rings. The van der Waals surface area contributed by atoms with Gasteiger partial charge in [-0.3, -0.25) is 0 Å². The second-order valence-corrected chi connectivity index (χ2v) is 11.1. The molecule has 0 aromatic carbocycles. The Kier molecular flexibility index (Phi) is 8.82. The maximum absolute atomic E-state index is 9.70. The van der Waals surface area contributed by atoms with Gasteiger partial charge in [-0.15, -0.1) is 0 Å². The molecular weight excluding hydrogens is 381 g/mol. The second kappa shape index (κ2) is 11.6. The van der Waals surface area contributed by atoms with E-state index >= 15 is 0 Å². The Labute approximate surface area is 192 Å². The molecule has 4 N–H and O–H groups in total. The summed E-state index contributed by atoms with van der Waals surface area (Å²) in [6, 6.07) is 0.495. The van der Waals surface area contributed by atoms with Gasteiger partial charge in [-0.05, 0) is 81.0 Å². The highest BCUT2D eigenvalue weighted by atomic mass is 16.2. The lowest BCUT2D eigenvalue weighted by Crippen LogP contribution is -2.52. The molecule has 2 aliphatic heterocycles. The third-order valence-corrected chi connectivity index (χ3v) is 9.25. The third-order valence-electron chi connectivity index (χ3n) is 9.25. The molecule has 2 saturated carbocycles. The molecule has 0 spiro atoms. The van der Waals surface area contributed by atoms with Crippen LogP contribution in [0.2, 0.25) is 5.82 Å². The van der Waals surface area contributed by atoms with Crippen LogP contribution in [0.25, 0.3) is 0 Å². The number of fused-ring (bicyclic) bond motifs is 1. The van der Waals surface area contributed by atoms with Crippen molar-refractivity contribution in [1.29, 1.82) is 0 Å². The summed E-state index contributed by atoms with van der Waals surface area (Å²) in [5.41, 5.74) is 7.66. The van der Waals surface area contributed by atoms with Gasteiger partial charge >= 0.3 is 0 Å². The molecule has 6 unspecified atom stereocenters. The Morgan fingerprint density at radius 2 is 1.81 bits per heavy atom. The molecule has 2 saturated heterocycles. The fourth-order valence-electron chi connectivity index (χ4n) is 7.48. The second-order valence-electron chi connectivity index (χ2n) is 11.1. The van der Waals surface area contributed by atoms with E-state index in [-0.39, 0.29) is 0 Å². The summed E-state index contributed by atoms with van der Waals surface area (Å²) in [4.78, 5) is 2.76. The van der Waals surface area contributed by atoms with Gasteiger partial charge < -0.3 is 21.0 Å². The minimum atomic E-state index is 0.353. The van der Waals surface area contributed by atoms with E-state index in [0.29, 0.717) is 17.8 Å². The lowest BCUT2D eigenvalue weighted by molar-refractivity contribution is 0.109. The maximum atomic E-state index is 9.70. The van der Waals surface area contributed by atoms with Crippen LogP contribution in [0.4, 0.5) is 0 Å². The third kappa shape index (κ3) is 5.70. The highest BCUT2D eigenvalue weighted by molar-refractivity contribution is 6.28. The van der Waals surface area contributed by atoms with Gasteiger partial charge in [-0.1, -0.05) is 45.1 Å². The van der Waals surface area contributed by atoms with E-state index in [0.717, 1.165) is 43.2 Å². The standard InChI is InChI=1S/C26H47BN3O/c1-2-3-10-25(23-16-22-8-5-9-24(27-31)26(22)29-18-23)30-13-11-20(12-14-30)21-7-4-6-19(15-21)17-28/h10,19-24,26,29,31H,2-9,11-18,28H2,1H3/b25-10-. The van der Waals surface area contributed by atoms with Crippen molar-refractivity contribution in [2.24, 2.45) is 35.3 Å². The zero-order valence-electron chi connectivity index (χ0n) is 20.0. The number of nitrogens with zero attached hydrogens (tertiary/aromatic N) is 1. The predicted molar refractivity (Wildman–Crippen MR) is 131 cm³/mol. The number of piperidine rings is 2. The molecule has 175 valence electrons. The predicted octanol–water partition coefficient (Wildman–Crippen LogP) is 4.33. The van der Waals surface area contributed by atoms with Gasteiger partial charge in [0.25, 0.3) is 7.48 Å². The van der Waals surface area contributed by atoms with Crippen molar-refractivity contribution in [3.8, 4) is 0 Å². The van der Waals surface area contributed by atoms with Crippen LogP contribution in [0.3, 0.4) is 0 Å². The number of allylic oxidation sites excluding steroid dienone is 1. The molecule has 0 aromatic heterocycles. The highest BCUT2D eigenvalue weighted by Crippen LogP contribution is 2.42. The van der Waals surface area contributed by atoms with Crippen LogP contribution in [0.5, 0.6) is 0 Å². The maximum Gasteiger partial charge on any atom is 0.292 e. The molecule has 31 heavy (non-hydrogen) atoms. The number of hydrogen-bond donors (Lipinski definition) is 3. The first kappa shape index (κ1) is 23.6. The Morgan fingerprint density at radius 1 is 1.03 bits per heavy atom. The molecule has 5 heteroatoms. The lowest BCUT2D eigenvalue weighted by atomic mass is 9.61. The first-order valence-electron chi connectivity index (χ1n) is 13.6. The minimum absolute atomic E-state index is 0.353. The van der Waals surface area contributed by atoms with Crippen LogP contribution < -0.4 is 11.1 Å². The van der Waals surface area contributed by atoms with Crippen LogP contribution in [-0.2, 0) is 0 Å². The van der Waals surface area contributed by atoms with Crippen molar-refractivity contribution < 1.29 is 5.02 Å². The topological polar surface area (TPSA) is 61.5 Å². The number of rotatable bonds is 7. The van der Waals surface area contributed by atoms with Crippen molar-refractivity contribution in [1.82, 2.24) is 10.2 Å². The largest absolute Gasteiger partial charge is 0.454 e. The van der Waals surface area contributed by atoms with E-state index < -0.39 is 0 Å². The number of nitrogens with one attached hydrogen (secondary N) is 1. The molecule has 4 fully saturated rings. The lowest BCUT2D eigenvalue weighted by Gasteiger charge is -2.47. The van der Waals surface area contributed by atoms with Crippen LogP contribution in [0, 0.1) is 29.6 Å². The average Bonchev–Trinajstić information content (AvgIpc) is 2.84. The zero-order valence-corrected chi connectivity index (χ0v) is 20.0. The van der Waals surface area contributed by atoms with Crippen LogP contribution in [-0.4, -0.2) is 49.6 Å². The van der Waals surface area contributed by atoms with Gasteiger partial charge in [0.1, 0.15) is 0 Å². The average molecular weight is 428 g/mol. The summed E-state index contributed by atoms with van der Waals surface area (Å²) >= 11 is 0. The van der Waals surface area contributed by atoms with Crippen molar-refractivity contribution in [3.63, 3.8) is 0 Å².